The third kappa shape index (κ3) is 6.64. The van der Waals surface area contributed by atoms with Gasteiger partial charge in [0, 0.05) is 55.5 Å². The molecule has 1 aliphatic heterocycles. The lowest BCUT2D eigenvalue weighted by Gasteiger charge is -2.37. The number of carbonyl (C=O) groups is 1. The normalized spacial score (nSPS) is 20.3. The first kappa shape index (κ1) is 28.7. The molecule has 0 spiro atoms. The van der Waals surface area contributed by atoms with Gasteiger partial charge in [-0.25, -0.2) is 4.98 Å². The molecular weight excluding hydrogens is 554 g/mol. The first-order chi connectivity index (χ1) is 20.4. The van der Waals surface area contributed by atoms with Crippen LogP contribution in [-0.2, 0) is 29.0 Å². The molecule has 0 unspecified atom stereocenters. The van der Waals surface area contributed by atoms with Gasteiger partial charge in [-0.15, -0.1) is 0 Å². The van der Waals surface area contributed by atoms with E-state index in [1.54, 1.807) is 0 Å². The molecule has 3 aliphatic rings. The number of halogens is 1. The van der Waals surface area contributed by atoms with Crippen LogP contribution >= 0.6 is 11.6 Å². The predicted octanol–water partition coefficient (Wildman–Crippen LogP) is 4.70. The van der Waals surface area contributed by atoms with Crippen LogP contribution in [0.15, 0.2) is 42.5 Å². The number of hydrogen-bond donors (Lipinski definition) is 2. The number of ether oxygens (including phenoxy) is 2. The highest BCUT2D eigenvalue weighted by Gasteiger charge is 2.30. The highest BCUT2D eigenvalue weighted by atomic mass is 35.5. The van der Waals surface area contributed by atoms with E-state index in [4.69, 9.17) is 31.8 Å². The Labute approximate surface area is 251 Å². The molecule has 6 rings (SSSR count). The van der Waals surface area contributed by atoms with Crippen molar-refractivity contribution in [3.8, 4) is 17.0 Å². The van der Waals surface area contributed by atoms with Crippen molar-refractivity contribution in [1.82, 2.24) is 14.9 Å². The zero-order valence-electron chi connectivity index (χ0n) is 23.8. The highest BCUT2D eigenvalue weighted by Crippen LogP contribution is 2.39. The molecule has 2 fully saturated rings. The van der Waals surface area contributed by atoms with Crippen LogP contribution in [0.2, 0.25) is 5.02 Å². The number of nitrogen functional groups attached to an aromatic ring is 1. The Morgan fingerprint density at radius 2 is 1.86 bits per heavy atom. The summed E-state index contributed by atoms with van der Waals surface area (Å²) in [6.45, 7) is 6.29. The number of rotatable bonds is 10. The fraction of sp³-hybridized carbons (Fsp3) is 0.469. The van der Waals surface area contributed by atoms with Gasteiger partial charge in [-0.05, 0) is 79.5 Å². The lowest BCUT2D eigenvalue weighted by Crippen LogP contribution is -2.48. The average molecular weight is 592 g/mol. The summed E-state index contributed by atoms with van der Waals surface area (Å²) in [6.07, 6.45) is 4.22. The molecular formula is C32H38ClN5O4. The summed E-state index contributed by atoms with van der Waals surface area (Å²) in [7, 11) is 0. The first-order valence-electron chi connectivity index (χ1n) is 14.9. The Kier molecular flexibility index (Phi) is 8.79. The van der Waals surface area contributed by atoms with Gasteiger partial charge < -0.3 is 25.2 Å². The minimum Gasteiger partial charge on any atom is -0.489 e. The van der Waals surface area contributed by atoms with E-state index in [2.05, 4.69) is 26.9 Å². The topological polar surface area (TPSA) is 114 Å². The van der Waals surface area contributed by atoms with Crippen LogP contribution in [-0.4, -0.2) is 71.9 Å². The minimum atomic E-state index is -0.670. The van der Waals surface area contributed by atoms with E-state index in [0.717, 1.165) is 93.2 Å². The van der Waals surface area contributed by atoms with Crippen LogP contribution < -0.4 is 15.4 Å². The number of nitrogens with two attached hydrogens (primary N) is 1. The van der Waals surface area contributed by atoms with Gasteiger partial charge in [-0.3, -0.25) is 9.69 Å². The molecule has 0 amide bonds. The second-order valence-electron chi connectivity index (χ2n) is 11.6. The van der Waals surface area contributed by atoms with Crippen LogP contribution in [0, 0.1) is 11.8 Å². The molecule has 9 nitrogen and oxygen atoms in total. The van der Waals surface area contributed by atoms with Crippen molar-refractivity contribution >= 4 is 29.3 Å². The Balaban J connectivity index is 1.04. The van der Waals surface area contributed by atoms with Crippen molar-refractivity contribution in [1.29, 1.82) is 0 Å². The second-order valence-corrected chi connectivity index (χ2v) is 12.0. The third-order valence-electron chi connectivity index (χ3n) is 8.77. The van der Waals surface area contributed by atoms with Crippen LogP contribution in [0.4, 0.5) is 11.8 Å². The number of carboxylic acids is 1. The van der Waals surface area contributed by atoms with Crippen LogP contribution in [0.3, 0.4) is 0 Å². The van der Waals surface area contributed by atoms with Gasteiger partial charge in [0.15, 0.2) is 0 Å². The van der Waals surface area contributed by atoms with Crippen molar-refractivity contribution in [2.45, 2.75) is 38.7 Å². The molecule has 1 aromatic heterocycles. The van der Waals surface area contributed by atoms with Gasteiger partial charge in [-0.1, -0.05) is 23.7 Å². The summed E-state index contributed by atoms with van der Waals surface area (Å²) in [5.41, 5.74) is 11.7. The lowest BCUT2D eigenvalue weighted by molar-refractivity contribution is -0.141. The summed E-state index contributed by atoms with van der Waals surface area (Å²) >= 11 is 6.00. The van der Waals surface area contributed by atoms with Crippen LogP contribution in [0.5, 0.6) is 5.75 Å². The molecule has 3 N–H and O–H groups in total. The number of aryl methyl sites for hydroxylation is 1. The zero-order valence-corrected chi connectivity index (χ0v) is 24.6. The quantitative estimate of drug-likeness (QED) is 0.324. The fourth-order valence-electron chi connectivity index (χ4n) is 6.39. The number of carboxylic acid groups (broad SMARTS) is 1. The Morgan fingerprint density at radius 3 is 2.62 bits per heavy atom. The Hall–Kier alpha value is -3.40. The molecule has 2 aromatic carbocycles. The van der Waals surface area contributed by atoms with Gasteiger partial charge in [0.1, 0.15) is 18.2 Å². The fourth-order valence-corrected chi connectivity index (χ4v) is 6.51. The number of nitrogens with zero attached hydrogens (tertiary/aromatic N) is 4. The Morgan fingerprint density at radius 1 is 1.05 bits per heavy atom. The third-order valence-corrected chi connectivity index (χ3v) is 9.02. The van der Waals surface area contributed by atoms with Gasteiger partial charge in [0.2, 0.25) is 5.95 Å². The van der Waals surface area contributed by atoms with Crippen molar-refractivity contribution < 1.29 is 19.4 Å². The number of benzene rings is 2. The molecule has 3 aromatic rings. The molecule has 0 radical (unpaired) electrons. The molecule has 1 saturated heterocycles. The van der Waals surface area contributed by atoms with Gasteiger partial charge in [0.05, 0.1) is 18.2 Å². The molecule has 1 saturated carbocycles. The smallest absolute Gasteiger partial charge is 0.306 e. The molecule has 222 valence electrons. The number of anilines is 2. The number of aliphatic carboxylic acids is 1. The van der Waals surface area contributed by atoms with E-state index in [-0.39, 0.29) is 5.92 Å². The van der Waals surface area contributed by atoms with Crippen LogP contribution in [0.1, 0.15) is 36.0 Å². The number of fused-ring (bicyclic) bond motifs is 3. The molecule has 42 heavy (non-hydrogen) atoms. The van der Waals surface area contributed by atoms with Crippen molar-refractivity contribution in [3.05, 3.63) is 64.2 Å². The van der Waals surface area contributed by atoms with E-state index in [1.165, 1.54) is 11.1 Å². The van der Waals surface area contributed by atoms with Crippen molar-refractivity contribution in [2.75, 3.05) is 56.6 Å². The van der Waals surface area contributed by atoms with Gasteiger partial charge in [0.25, 0.3) is 0 Å². The predicted molar refractivity (Wildman–Crippen MR) is 163 cm³/mol. The minimum absolute atomic E-state index is 0.195. The summed E-state index contributed by atoms with van der Waals surface area (Å²) in [4.78, 5) is 25.3. The maximum absolute atomic E-state index is 11.2. The van der Waals surface area contributed by atoms with Crippen molar-refractivity contribution in [2.24, 2.45) is 11.8 Å². The number of aromatic nitrogens is 2. The monoisotopic (exact) mass is 591 g/mol. The van der Waals surface area contributed by atoms with E-state index in [1.807, 2.05) is 30.3 Å². The van der Waals surface area contributed by atoms with E-state index >= 15 is 0 Å². The van der Waals surface area contributed by atoms with Gasteiger partial charge in [-0.2, -0.15) is 4.98 Å². The largest absolute Gasteiger partial charge is 0.489 e. The summed E-state index contributed by atoms with van der Waals surface area (Å²) in [5.74, 6) is 1.59. The number of piperazine rings is 1. The number of hydrogen-bond acceptors (Lipinski definition) is 8. The molecule has 2 aliphatic carbocycles. The standard InChI is InChI=1S/C32H38ClN5O4/c33-25-6-2-21(3-7-25)20-42-26-8-10-27-23(18-26)5-9-28-29(27)35-32(34)36-30(28)38-13-11-37(12-14-38)15-16-41-19-22-1-4-24(17-22)31(39)40/h2-3,6-8,10,18,22,24H,1,4-5,9,11-17,19-20H2,(H,39,40)(H2,34,35,36)/t22-,24+/m1/s1. The SMILES string of the molecule is Nc1nc2c(c(N3CCN(CCOC[C@@H]4CC[C@H](C(=O)O)C4)CC3)n1)CCc1cc(OCc3ccc(Cl)cc3)ccc1-2. The van der Waals surface area contributed by atoms with E-state index in [0.29, 0.717) is 36.7 Å². The highest BCUT2D eigenvalue weighted by molar-refractivity contribution is 6.30. The molecule has 2 atom stereocenters. The molecule has 2 heterocycles. The summed E-state index contributed by atoms with van der Waals surface area (Å²) in [5, 5.41) is 9.91. The molecule has 10 heteroatoms. The summed E-state index contributed by atoms with van der Waals surface area (Å²) < 4.78 is 12.0. The second kappa shape index (κ2) is 12.9. The van der Waals surface area contributed by atoms with E-state index < -0.39 is 5.97 Å². The Bertz CT molecular complexity index is 1410. The van der Waals surface area contributed by atoms with E-state index in [9.17, 15) is 9.90 Å². The van der Waals surface area contributed by atoms with Crippen LogP contribution in [0.25, 0.3) is 11.3 Å². The lowest BCUT2D eigenvalue weighted by atomic mass is 9.88. The van der Waals surface area contributed by atoms with Crippen molar-refractivity contribution in [3.63, 3.8) is 0 Å². The average Bonchev–Trinajstić information content (AvgIpc) is 3.48. The zero-order chi connectivity index (χ0) is 29.1. The maximum atomic E-state index is 11.2. The van der Waals surface area contributed by atoms with Gasteiger partial charge >= 0.3 is 5.97 Å². The maximum Gasteiger partial charge on any atom is 0.306 e. The summed E-state index contributed by atoms with van der Waals surface area (Å²) in [6, 6.07) is 13.9. The first-order valence-corrected chi connectivity index (χ1v) is 15.3. The molecule has 0 bridgehead atoms.